The van der Waals surface area contributed by atoms with E-state index in [9.17, 15) is 9.59 Å². The number of aromatic amines is 3. The first-order chi connectivity index (χ1) is 5.29. The van der Waals surface area contributed by atoms with Crippen LogP contribution in [0.1, 0.15) is 0 Å². The van der Waals surface area contributed by atoms with Gasteiger partial charge in [0.1, 0.15) is 0 Å². The molecule has 0 radical (unpaired) electrons. The van der Waals surface area contributed by atoms with Crippen LogP contribution in [-0.4, -0.2) is 25.6 Å². The van der Waals surface area contributed by atoms with Gasteiger partial charge in [-0.1, -0.05) is 0 Å². The Hall–Kier alpha value is -1.92. The van der Waals surface area contributed by atoms with Crippen molar-refractivity contribution in [3.05, 3.63) is 20.7 Å². The number of aromatic nitrogens is 5. The van der Waals surface area contributed by atoms with E-state index in [1.807, 2.05) is 0 Å². The minimum absolute atomic E-state index is 0.0220. The Bertz CT molecular complexity index is 447. The largest absolute Gasteiger partial charge is 0.292 e. The maximum absolute atomic E-state index is 10.8. The van der Waals surface area contributed by atoms with Crippen molar-refractivity contribution < 1.29 is 0 Å². The van der Waals surface area contributed by atoms with Gasteiger partial charge in [0.15, 0.2) is 11.0 Å². The lowest BCUT2D eigenvalue weighted by molar-refractivity contribution is 0.957. The lowest BCUT2D eigenvalue weighted by Crippen LogP contribution is -2.18. The molecule has 2 aromatic rings. The number of H-pyrrole nitrogens is 3. The van der Waals surface area contributed by atoms with Gasteiger partial charge in [-0.3, -0.25) is 19.8 Å². The Kier molecular flexibility index (Phi) is 0.945. The summed E-state index contributed by atoms with van der Waals surface area (Å²) >= 11 is 0. The summed E-state index contributed by atoms with van der Waals surface area (Å²) in [7, 11) is 0. The molecule has 3 N–H and O–H groups in total. The van der Waals surface area contributed by atoms with E-state index in [1.165, 1.54) is 0 Å². The van der Waals surface area contributed by atoms with E-state index in [2.05, 4.69) is 25.6 Å². The van der Waals surface area contributed by atoms with Crippen LogP contribution in [0.2, 0.25) is 0 Å². The molecular weight excluding hydrogens is 150 g/mol. The Morgan fingerprint density at radius 3 is 1.82 bits per heavy atom. The molecule has 7 heteroatoms. The molecule has 0 aliphatic carbocycles. The van der Waals surface area contributed by atoms with E-state index < -0.39 is 11.1 Å². The predicted octanol–water partition coefficient (Wildman–Crippen LogP) is -1.67. The van der Waals surface area contributed by atoms with Gasteiger partial charge in [0.05, 0.1) is 0 Å². The Balaban J connectivity index is 3.21. The van der Waals surface area contributed by atoms with Crippen LogP contribution in [-0.2, 0) is 0 Å². The standard InChI is InChI=1S/C4H3N5O2/c10-3-1-2(6-9-5-1)4(11)8-7-3/h(H,7,10)(H,8,11)(H,5,6,9). The molecule has 0 spiro atoms. The molecule has 0 atom stereocenters. The van der Waals surface area contributed by atoms with Gasteiger partial charge in [-0.15, -0.1) is 10.2 Å². The van der Waals surface area contributed by atoms with Crippen molar-refractivity contribution >= 4 is 11.0 Å². The van der Waals surface area contributed by atoms with Gasteiger partial charge in [-0.05, 0) is 0 Å². The van der Waals surface area contributed by atoms with Crippen LogP contribution in [0.5, 0.6) is 0 Å². The second-order valence-electron chi connectivity index (χ2n) is 1.93. The van der Waals surface area contributed by atoms with Gasteiger partial charge in [0.2, 0.25) is 0 Å². The van der Waals surface area contributed by atoms with Crippen LogP contribution in [0.15, 0.2) is 9.59 Å². The average Bonchev–Trinajstić information content (AvgIpc) is 2.45. The molecule has 0 aliphatic rings. The maximum atomic E-state index is 10.8. The normalized spacial score (nSPS) is 10.5. The Morgan fingerprint density at radius 2 is 1.36 bits per heavy atom. The zero-order valence-corrected chi connectivity index (χ0v) is 5.21. The van der Waals surface area contributed by atoms with Crippen molar-refractivity contribution in [2.75, 3.05) is 0 Å². The number of nitrogens with zero attached hydrogens (tertiary/aromatic N) is 2. The quantitative estimate of drug-likeness (QED) is 0.420. The fourth-order valence-corrected chi connectivity index (χ4v) is 0.779. The number of hydrogen-bond acceptors (Lipinski definition) is 4. The second-order valence-corrected chi connectivity index (χ2v) is 1.93. The highest BCUT2D eigenvalue weighted by Gasteiger charge is 2.04. The van der Waals surface area contributed by atoms with Crippen LogP contribution >= 0.6 is 0 Å². The average molecular weight is 153 g/mol. The number of hydrogen-bond donors (Lipinski definition) is 3. The third kappa shape index (κ3) is 0.672. The minimum Gasteiger partial charge on any atom is -0.265 e. The van der Waals surface area contributed by atoms with Crippen LogP contribution in [0, 0.1) is 0 Å². The van der Waals surface area contributed by atoms with E-state index >= 15 is 0 Å². The van der Waals surface area contributed by atoms with Crippen LogP contribution in [0.4, 0.5) is 0 Å². The highest BCUT2D eigenvalue weighted by atomic mass is 16.1. The summed E-state index contributed by atoms with van der Waals surface area (Å²) < 4.78 is 0. The van der Waals surface area contributed by atoms with Gasteiger partial charge < -0.3 is 0 Å². The van der Waals surface area contributed by atoms with Crippen molar-refractivity contribution in [3.8, 4) is 0 Å². The van der Waals surface area contributed by atoms with Crippen molar-refractivity contribution in [3.63, 3.8) is 0 Å². The van der Waals surface area contributed by atoms with Crippen molar-refractivity contribution in [2.45, 2.75) is 0 Å². The molecule has 56 valence electrons. The first-order valence-electron chi connectivity index (χ1n) is 2.80. The van der Waals surface area contributed by atoms with Gasteiger partial charge in [-0.25, -0.2) is 0 Å². The van der Waals surface area contributed by atoms with E-state index in [-0.39, 0.29) is 11.0 Å². The molecule has 0 saturated heterocycles. The molecule has 0 saturated carbocycles. The van der Waals surface area contributed by atoms with Crippen LogP contribution in [0.25, 0.3) is 11.0 Å². The highest BCUT2D eigenvalue weighted by molar-refractivity contribution is 5.70. The monoisotopic (exact) mass is 153 g/mol. The lowest BCUT2D eigenvalue weighted by atomic mass is 10.5. The SMILES string of the molecule is O=c1[nH][nH]c(=O)c2n[nH]nc12. The predicted molar refractivity (Wildman–Crippen MR) is 35.1 cm³/mol. The Labute approximate surface area is 58.4 Å². The second kappa shape index (κ2) is 1.78. The molecule has 0 aliphatic heterocycles. The smallest absolute Gasteiger partial charge is 0.265 e. The summed E-state index contributed by atoms with van der Waals surface area (Å²) in [4.78, 5) is 21.7. The van der Waals surface area contributed by atoms with Gasteiger partial charge in [0, 0.05) is 0 Å². The molecule has 0 aromatic carbocycles. The minimum atomic E-state index is -0.464. The zero-order chi connectivity index (χ0) is 7.84. The fraction of sp³-hybridized carbons (Fsp3) is 0. The molecule has 0 bridgehead atoms. The molecule has 2 heterocycles. The van der Waals surface area contributed by atoms with E-state index in [4.69, 9.17) is 0 Å². The van der Waals surface area contributed by atoms with Crippen molar-refractivity contribution in [2.24, 2.45) is 0 Å². The molecule has 2 aromatic heterocycles. The molecule has 7 nitrogen and oxygen atoms in total. The van der Waals surface area contributed by atoms with Crippen molar-refractivity contribution in [1.82, 2.24) is 25.6 Å². The van der Waals surface area contributed by atoms with Crippen molar-refractivity contribution in [1.29, 1.82) is 0 Å². The molecule has 11 heavy (non-hydrogen) atoms. The van der Waals surface area contributed by atoms with Gasteiger partial charge in [0.25, 0.3) is 11.1 Å². The third-order valence-electron chi connectivity index (χ3n) is 1.27. The van der Waals surface area contributed by atoms with E-state index in [0.29, 0.717) is 0 Å². The summed E-state index contributed by atoms with van der Waals surface area (Å²) in [5.74, 6) is 0. The van der Waals surface area contributed by atoms with E-state index in [0.717, 1.165) is 0 Å². The maximum Gasteiger partial charge on any atom is 0.292 e. The summed E-state index contributed by atoms with van der Waals surface area (Å²) in [6.07, 6.45) is 0. The first kappa shape index (κ1) is 5.83. The summed E-state index contributed by atoms with van der Waals surface area (Å²) in [6, 6.07) is 0. The van der Waals surface area contributed by atoms with Gasteiger partial charge >= 0.3 is 0 Å². The number of nitrogens with one attached hydrogen (secondary N) is 3. The molecule has 2 rings (SSSR count). The lowest BCUT2D eigenvalue weighted by Gasteiger charge is -1.81. The summed E-state index contributed by atoms with van der Waals surface area (Å²) in [6.45, 7) is 0. The summed E-state index contributed by atoms with van der Waals surface area (Å²) in [5, 5.41) is 13.4. The molecular formula is C4H3N5O2. The zero-order valence-electron chi connectivity index (χ0n) is 5.21. The fourth-order valence-electron chi connectivity index (χ4n) is 0.779. The van der Waals surface area contributed by atoms with E-state index in [1.54, 1.807) is 0 Å². The number of fused-ring (bicyclic) bond motifs is 1. The summed E-state index contributed by atoms with van der Waals surface area (Å²) in [5.41, 5.74) is -0.885. The molecule has 0 fully saturated rings. The topological polar surface area (TPSA) is 107 Å². The van der Waals surface area contributed by atoms with Crippen LogP contribution < -0.4 is 11.1 Å². The first-order valence-corrected chi connectivity index (χ1v) is 2.80. The molecule has 0 unspecified atom stereocenters. The van der Waals surface area contributed by atoms with Crippen LogP contribution in [0.3, 0.4) is 0 Å². The molecule has 0 amide bonds. The third-order valence-corrected chi connectivity index (χ3v) is 1.27. The number of rotatable bonds is 0. The van der Waals surface area contributed by atoms with Gasteiger partial charge in [-0.2, -0.15) is 5.21 Å². The highest BCUT2D eigenvalue weighted by Crippen LogP contribution is 1.88. The Morgan fingerprint density at radius 1 is 0.909 bits per heavy atom.